The van der Waals surface area contributed by atoms with Gasteiger partial charge in [-0.2, -0.15) is 11.8 Å². The van der Waals surface area contributed by atoms with Gasteiger partial charge in [0, 0.05) is 11.0 Å². The molecule has 16 heavy (non-hydrogen) atoms. The van der Waals surface area contributed by atoms with Crippen molar-refractivity contribution >= 4 is 17.7 Å². The zero-order valence-electron chi connectivity index (χ0n) is 10.5. The minimum Gasteiger partial charge on any atom is -0.481 e. The molecule has 0 amide bonds. The Labute approximate surface area is 102 Å². The minimum atomic E-state index is -0.667. The number of rotatable bonds is 4. The van der Waals surface area contributed by atoms with Crippen LogP contribution in [0.25, 0.3) is 0 Å². The molecule has 0 aliphatic heterocycles. The van der Waals surface area contributed by atoms with E-state index in [1.54, 1.807) is 0 Å². The van der Waals surface area contributed by atoms with E-state index in [-0.39, 0.29) is 0 Å². The van der Waals surface area contributed by atoms with Crippen LogP contribution in [0.3, 0.4) is 0 Å². The third-order valence-corrected chi connectivity index (χ3v) is 6.90. The molecule has 92 valence electrons. The summed E-state index contributed by atoms with van der Waals surface area (Å²) in [5.74, 6) is 0.971. The summed E-state index contributed by atoms with van der Waals surface area (Å²) in [6, 6.07) is 0. The Hall–Kier alpha value is -0.180. The molecule has 0 aromatic carbocycles. The molecular formula is C13H22O2S. The van der Waals surface area contributed by atoms with Crippen LogP contribution in [0, 0.1) is 16.7 Å². The number of aliphatic carboxylic acids is 1. The standard InChI is InChI=1S/C13H22O2S/c1-12(2)9-4-6-13(12,3)10(8-9)16-7-5-11(14)15/h9-10H,4-8H2,1-3H3,(H,14,15)/t9-,10-,13+/m0/s1. The van der Waals surface area contributed by atoms with Crippen molar-refractivity contribution in [3.63, 3.8) is 0 Å². The predicted octanol–water partition coefficient (Wildman–Crippen LogP) is 3.41. The number of carboxylic acids is 1. The van der Waals surface area contributed by atoms with Gasteiger partial charge in [-0.05, 0) is 36.0 Å². The smallest absolute Gasteiger partial charge is 0.304 e. The van der Waals surface area contributed by atoms with E-state index in [0.29, 0.717) is 22.5 Å². The Bertz CT molecular complexity index is 300. The lowest BCUT2D eigenvalue weighted by Crippen LogP contribution is -2.34. The Kier molecular flexibility index (Phi) is 3.02. The number of thioether (sulfide) groups is 1. The van der Waals surface area contributed by atoms with E-state index in [0.717, 1.165) is 11.7 Å². The molecule has 2 aliphatic rings. The van der Waals surface area contributed by atoms with Gasteiger partial charge in [0.15, 0.2) is 0 Å². The molecule has 0 saturated heterocycles. The van der Waals surface area contributed by atoms with E-state index < -0.39 is 5.97 Å². The molecule has 3 atom stereocenters. The molecule has 2 fully saturated rings. The van der Waals surface area contributed by atoms with E-state index in [4.69, 9.17) is 5.11 Å². The molecule has 2 saturated carbocycles. The zero-order chi connectivity index (χ0) is 12.0. The third kappa shape index (κ3) is 1.68. The summed E-state index contributed by atoms with van der Waals surface area (Å²) in [5, 5.41) is 9.35. The fourth-order valence-electron chi connectivity index (χ4n) is 3.67. The van der Waals surface area contributed by atoms with E-state index in [9.17, 15) is 4.79 Å². The van der Waals surface area contributed by atoms with Crippen LogP contribution in [0.15, 0.2) is 0 Å². The SMILES string of the molecule is CC1(C)[C@H]2CC[C@]1(C)[C@@H](SCCC(=O)O)C2. The van der Waals surface area contributed by atoms with Gasteiger partial charge < -0.3 is 5.11 Å². The molecule has 0 aromatic rings. The maximum atomic E-state index is 10.5. The highest BCUT2D eigenvalue weighted by Crippen LogP contribution is 2.68. The second-order valence-corrected chi connectivity index (χ2v) is 7.42. The minimum absolute atomic E-state index is 0.308. The van der Waals surface area contributed by atoms with Crippen molar-refractivity contribution in [3.05, 3.63) is 0 Å². The van der Waals surface area contributed by atoms with Gasteiger partial charge in [0.2, 0.25) is 0 Å². The normalized spacial score (nSPS) is 40.2. The molecule has 0 spiro atoms. The Morgan fingerprint density at radius 2 is 2.12 bits per heavy atom. The largest absolute Gasteiger partial charge is 0.481 e. The first kappa shape index (κ1) is 12.3. The number of hydrogen-bond acceptors (Lipinski definition) is 2. The van der Waals surface area contributed by atoms with Crippen molar-refractivity contribution in [2.75, 3.05) is 5.75 Å². The Morgan fingerprint density at radius 3 is 2.56 bits per heavy atom. The van der Waals surface area contributed by atoms with Crippen LogP contribution in [0.5, 0.6) is 0 Å². The van der Waals surface area contributed by atoms with E-state index in [1.807, 2.05) is 11.8 Å². The van der Waals surface area contributed by atoms with Crippen molar-refractivity contribution in [2.45, 2.75) is 51.7 Å². The van der Waals surface area contributed by atoms with Crippen LogP contribution in [-0.4, -0.2) is 22.1 Å². The molecule has 3 heteroatoms. The van der Waals surface area contributed by atoms with Gasteiger partial charge in [0.1, 0.15) is 0 Å². The number of hydrogen-bond donors (Lipinski definition) is 1. The quantitative estimate of drug-likeness (QED) is 0.821. The van der Waals surface area contributed by atoms with Gasteiger partial charge in [-0.15, -0.1) is 0 Å². The van der Waals surface area contributed by atoms with Crippen molar-refractivity contribution in [1.82, 2.24) is 0 Å². The third-order valence-electron chi connectivity index (χ3n) is 5.35. The first-order chi connectivity index (χ1) is 7.38. The molecule has 2 rings (SSSR count). The lowest BCUT2D eigenvalue weighted by atomic mass is 9.71. The van der Waals surface area contributed by atoms with Gasteiger partial charge in [-0.1, -0.05) is 20.8 Å². The number of fused-ring (bicyclic) bond motifs is 2. The Morgan fingerprint density at radius 1 is 1.44 bits per heavy atom. The molecule has 1 N–H and O–H groups in total. The van der Waals surface area contributed by atoms with Crippen molar-refractivity contribution < 1.29 is 9.90 Å². The summed E-state index contributed by atoms with van der Waals surface area (Å²) in [6.07, 6.45) is 4.31. The first-order valence-electron chi connectivity index (χ1n) is 6.21. The summed E-state index contributed by atoms with van der Waals surface area (Å²) in [6.45, 7) is 7.23. The van der Waals surface area contributed by atoms with Crippen LogP contribution < -0.4 is 0 Å². The van der Waals surface area contributed by atoms with Crippen molar-refractivity contribution in [3.8, 4) is 0 Å². The van der Waals surface area contributed by atoms with Gasteiger partial charge in [-0.3, -0.25) is 4.79 Å². The lowest BCUT2D eigenvalue weighted by Gasteiger charge is -2.39. The van der Waals surface area contributed by atoms with Gasteiger partial charge in [0.25, 0.3) is 0 Å². The van der Waals surface area contributed by atoms with Crippen LogP contribution in [0.4, 0.5) is 0 Å². The topological polar surface area (TPSA) is 37.3 Å². The van der Waals surface area contributed by atoms with Crippen molar-refractivity contribution in [2.24, 2.45) is 16.7 Å². The highest BCUT2D eigenvalue weighted by Gasteiger charge is 2.61. The molecule has 2 aliphatic carbocycles. The second kappa shape index (κ2) is 3.94. The molecule has 0 unspecified atom stereocenters. The van der Waals surface area contributed by atoms with Gasteiger partial charge >= 0.3 is 5.97 Å². The van der Waals surface area contributed by atoms with Crippen LogP contribution in [0.2, 0.25) is 0 Å². The molecular weight excluding hydrogens is 220 g/mol. The molecule has 0 radical (unpaired) electrons. The summed E-state index contributed by atoms with van der Waals surface area (Å²) >= 11 is 1.90. The maximum Gasteiger partial charge on any atom is 0.304 e. The second-order valence-electron chi connectivity index (χ2n) is 6.11. The van der Waals surface area contributed by atoms with E-state index in [1.165, 1.54) is 19.3 Å². The predicted molar refractivity (Wildman–Crippen MR) is 67.7 cm³/mol. The molecule has 0 aromatic heterocycles. The highest BCUT2D eigenvalue weighted by molar-refractivity contribution is 7.99. The molecule has 0 heterocycles. The van der Waals surface area contributed by atoms with Gasteiger partial charge in [-0.25, -0.2) is 0 Å². The average Bonchev–Trinajstić information content (AvgIpc) is 2.49. The van der Waals surface area contributed by atoms with Gasteiger partial charge in [0.05, 0.1) is 6.42 Å². The number of carboxylic acid groups (broad SMARTS) is 1. The summed E-state index contributed by atoms with van der Waals surface area (Å²) in [7, 11) is 0. The fraction of sp³-hybridized carbons (Fsp3) is 0.923. The molecule has 2 bridgehead atoms. The summed E-state index contributed by atoms with van der Waals surface area (Å²) < 4.78 is 0. The average molecular weight is 242 g/mol. The first-order valence-corrected chi connectivity index (χ1v) is 7.26. The Balaban J connectivity index is 1.96. The lowest BCUT2D eigenvalue weighted by molar-refractivity contribution is -0.136. The van der Waals surface area contributed by atoms with E-state index in [2.05, 4.69) is 20.8 Å². The highest BCUT2D eigenvalue weighted by atomic mass is 32.2. The summed E-state index contributed by atoms with van der Waals surface area (Å²) in [4.78, 5) is 10.5. The van der Waals surface area contributed by atoms with Crippen molar-refractivity contribution in [1.29, 1.82) is 0 Å². The zero-order valence-corrected chi connectivity index (χ0v) is 11.3. The van der Waals surface area contributed by atoms with Crippen LogP contribution in [-0.2, 0) is 4.79 Å². The maximum absolute atomic E-state index is 10.5. The van der Waals surface area contributed by atoms with Crippen LogP contribution in [0.1, 0.15) is 46.5 Å². The van der Waals surface area contributed by atoms with E-state index >= 15 is 0 Å². The number of carbonyl (C=O) groups is 1. The fourth-order valence-corrected chi connectivity index (χ4v) is 5.41. The molecule has 2 nitrogen and oxygen atoms in total. The van der Waals surface area contributed by atoms with Crippen LogP contribution >= 0.6 is 11.8 Å². The monoisotopic (exact) mass is 242 g/mol. The summed E-state index contributed by atoms with van der Waals surface area (Å²) in [5.41, 5.74) is 0.884.